The van der Waals surface area contributed by atoms with Gasteiger partial charge in [-0.2, -0.15) is 13.2 Å². The fourth-order valence-electron chi connectivity index (χ4n) is 1.60. The van der Waals surface area contributed by atoms with Crippen molar-refractivity contribution in [2.45, 2.75) is 32.1 Å². The lowest BCUT2D eigenvalue weighted by Crippen LogP contribution is -2.18. The highest BCUT2D eigenvalue weighted by Gasteiger charge is 2.25. The van der Waals surface area contributed by atoms with Crippen molar-refractivity contribution >= 4 is 0 Å². The minimum Gasteiger partial charge on any atom is -0.383 e. The summed E-state index contributed by atoms with van der Waals surface area (Å²) in [5, 5.41) is 3.18. The monoisotopic (exact) mass is 264 g/mol. The van der Waals surface area contributed by atoms with E-state index in [-0.39, 0.29) is 6.42 Å². The topological polar surface area (TPSA) is 26.2 Å². The van der Waals surface area contributed by atoms with E-state index in [4.69, 9.17) is 4.74 Å². The van der Waals surface area contributed by atoms with E-state index < -0.39 is 12.6 Å². The number of aryl methyl sites for hydroxylation is 1. The average Bonchev–Trinajstić information content (AvgIpc) is 2.71. The number of aromatic nitrogens is 1. The number of rotatable bonds is 8. The Morgan fingerprint density at radius 3 is 2.83 bits per heavy atom. The number of ether oxygens (including phenoxy) is 1. The van der Waals surface area contributed by atoms with E-state index in [0.29, 0.717) is 19.7 Å². The average molecular weight is 264 g/mol. The second kappa shape index (κ2) is 7.43. The first kappa shape index (κ1) is 15.0. The van der Waals surface area contributed by atoms with Crippen LogP contribution in [-0.4, -0.2) is 31.0 Å². The van der Waals surface area contributed by atoms with Crippen LogP contribution in [0.5, 0.6) is 0 Å². The Morgan fingerprint density at radius 1 is 1.39 bits per heavy atom. The van der Waals surface area contributed by atoms with Crippen LogP contribution in [0, 0.1) is 0 Å². The summed E-state index contributed by atoms with van der Waals surface area (Å²) >= 11 is 0. The molecule has 18 heavy (non-hydrogen) atoms. The molecule has 6 heteroatoms. The first-order chi connectivity index (χ1) is 8.51. The fraction of sp³-hybridized carbons (Fsp3) is 0.667. The van der Waals surface area contributed by atoms with Crippen LogP contribution in [0.4, 0.5) is 13.2 Å². The summed E-state index contributed by atoms with van der Waals surface area (Å²) in [4.78, 5) is 0. The normalized spacial score (nSPS) is 12.0. The van der Waals surface area contributed by atoms with Crippen molar-refractivity contribution in [3.63, 3.8) is 0 Å². The molecule has 0 aliphatic heterocycles. The third-order valence-corrected chi connectivity index (χ3v) is 2.50. The van der Waals surface area contributed by atoms with E-state index in [2.05, 4.69) is 5.32 Å². The highest BCUT2D eigenvalue weighted by Crippen LogP contribution is 2.21. The summed E-state index contributed by atoms with van der Waals surface area (Å²) in [6, 6.07) is 1.91. The highest BCUT2D eigenvalue weighted by atomic mass is 19.4. The molecule has 3 nitrogen and oxygen atoms in total. The molecule has 0 saturated heterocycles. The van der Waals surface area contributed by atoms with E-state index in [1.54, 1.807) is 11.7 Å². The number of nitrogens with zero attached hydrogens (tertiary/aromatic N) is 1. The Balaban J connectivity index is 2.21. The van der Waals surface area contributed by atoms with Gasteiger partial charge in [-0.3, -0.25) is 0 Å². The molecule has 1 N–H and O–H groups in total. The predicted molar refractivity (Wildman–Crippen MR) is 63.3 cm³/mol. The molecule has 1 rings (SSSR count). The molecule has 0 unspecified atom stereocenters. The van der Waals surface area contributed by atoms with Crippen molar-refractivity contribution in [3.8, 4) is 0 Å². The van der Waals surface area contributed by atoms with Crippen molar-refractivity contribution in [3.05, 3.63) is 24.0 Å². The molecule has 0 fully saturated rings. The van der Waals surface area contributed by atoms with Crippen molar-refractivity contribution < 1.29 is 17.9 Å². The van der Waals surface area contributed by atoms with Crippen LogP contribution in [0.2, 0.25) is 0 Å². The molecule has 0 atom stereocenters. The van der Waals surface area contributed by atoms with Crippen molar-refractivity contribution in [2.75, 3.05) is 20.3 Å². The van der Waals surface area contributed by atoms with Crippen LogP contribution in [0.1, 0.15) is 18.4 Å². The van der Waals surface area contributed by atoms with Crippen molar-refractivity contribution in [1.82, 2.24) is 9.88 Å². The van der Waals surface area contributed by atoms with E-state index in [1.807, 2.05) is 18.5 Å². The lowest BCUT2D eigenvalue weighted by molar-refractivity contribution is -0.135. The molecular weight excluding hydrogens is 245 g/mol. The third kappa shape index (κ3) is 6.66. The van der Waals surface area contributed by atoms with Gasteiger partial charge in [-0.25, -0.2) is 0 Å². The van der Waals surface area contributed by atoms with Gasteiger partial charge in [-0.05, 0) is 18.1 Å². The number of hydrogen-bond donors (Lipinski definition) is 1. The maximum atomic E-state index is 12.0. The summed E-state index contributed by atoms with van der Waals surface area (Å²) in [5.74, 6) is 0. The number of alkyl halides is 3. The van der Waals surface area contributed by atoms with Crippen molar-refractivity contribution in [1.29, 1.82) is 0 Å². The van der Waals surface area contributed by atoms with Crippen LogP contribution in [0.25, 0.3) is 0 Å². The van der Waals surface area contributed by atoms with Crippen molar-refractivity contribution in [2.24, 2.45) is 0 Å². The van der Waals surface area contributed by atoms with E-state index in [9.17, 15) is 13.2 Å². The zero-order valence-electron chi connectivity index (χ0n) is 10.5. The van der Waals surface area contributed by atoms with Gasteiger partial charge in [0.25, 0.3) is 0 Å². The Hall–Kier alpha value is -1.01. The predicted octanol–water partition coefficient (Wildman–Crippen LogP) is 2.57. The maximum absolute atomic E-state index is 12.0. The maximum Gasteiger partial charge on any atom is 0.389 e. The van der Waals surface area contributed by atoms with Gasteiger partial charge in [0.05, 0.1) is 6.61 Å². The van der Waals surface area contributed by atoms with E-state index >= 15 is 0 Å². The van der Waals surface area contributed by atoms with Gasteiger partial charge in [0.15, 0.2) is 0 Å². The second-order valence-corrected chi connectivity index (χ2v) is 4.15. The van der Waals surface area contributed by atoms with E-state index in [1.165, 1.54) is 0 Å². The fourth-order valence-corrected chi connectivity index (χ4v) is 1.60. The standard InChI is InChI=1S/C12H19F3N2O/c1-18-8-5-16-9-11-3-7-17(10-11)6-2-4-12(13,14)15/h3,7,10,16H,2,4-6,8-9H2,1H3. The Labute approximate surface area is 105 Å². The molecule has 1 heterocycles. The van der Waals surface area contributed by atoms with Crippen LogP contribution < -0.4 is 5.32 Å². The highest BCUT2D eigenvalue weighted by molar-refractivity contribution is 5.09. The summed E-state index contributed by atoms with van der Waals surface area (Å²) in [6.07, 6.45) is -0.987. The molecule has 0 aliphatic rings. The van der Waals surface area contributed by atoms with Crippen LogP contribution in [0.3, 0.4) is 0 Å². The number of nitrogens with one attached hydrogen (secondary N) is 1. The lowest BCUT2D eigenvalue weighted by Gasteiger charge is -2.06. The van der Waals surface area contributed by atoms with Crippen LogP contribution in [0.15, 0.2) is 18.5 Å². The smallest absolute Gasteiger partial charge is 0.383 e. The summed E-state index contributed by atoms with van der Waals surface area (Å²) in [5.41, 5.74) is 1.07. The Morgan fingerprint density at radius 2 is 2.17 bits per heavy atom. The molecule has 0 aromatic carbocycles. The van der Waals surface area contributed by atoms with E-state index in [0.717, 1.165) is 12.1 Å². The third-order valence-electron chi connectivity index (χ3n) is 2.50. The molecular formula is C12H19F3N2O. The van der Waals surface area contributed by atoms with Gasteiger partial charge in [0, 0.05) is 45.6 Å². The van der Waals surface area contributed by atoms with Gasteiger partial charge in [-0.1, -0.05) is 0 Å². The summed E-state index contributed by atoms with van der Waals surface area (Å²) in [7, 11) is 1.64. The minimum atomic E-state index is -4.06. The molecule has 0 saturated carbocycles. The molecule has 1 aromatic heterocycles. The van der Waals surface area contributed by atoms with Gasteiger partial charge in [-0.15, -0.1) is 0 Å². The molecule has 0 aliphatic carbocycles. The van der Waals surface area contributed by atoms with Gasteiger partial charge < -0.3 is 14.6 Å². The van der Waals surface area contributed by atoms with Crippen LogP contribution in [-0.2, 0) is 17.8 Å². The Kier molecular flexibility index (Phi) is 6.21. The molecule has 0 bridgehead atoms. The quantitative estimate of drug-likeness (QED) is 0.730. The SMILES string of the molecule is COCCNCc1ccn(CCCC(F)(F)F)c1. The lowest BCUT2D eigenvalue weighted by atomic mass is 10.3. The summed E-state index contributed by atoms with van der Waals surface area (Å²) < 4.78 is 42.6. The summed E-state index contributed by atoms with van der Waals surface area (Å²) in [6.45, 7) is 2.51. The molecule has 1 aromatic rings. The molecule has 104 valence electrons. The van der Waals surface area contributed by atoms with Gasteiger partial charge in [0.1, 0.15) is 0 Å². The first-order valence-electron chi connectivity index (χ1n) is 5.92. The number of hydrogen-bond acceptors (Lipinski definition) is 2. The number of halogens is 3. The molecule has 0 spiro atoms. The van der Waals surface area contributed by atoms with Gasteiger partial charge >= 0.3 is 6.18 Å². The van der Waals surface area contributed by atoms with Crippen LogP contribution >= 0.6 is 0 Å². The zero-order chi connectivity index (χ0) is 13.4. The Bertz CT molecular complexity index is 336. The second-order valence-electron chi connectivity index (χ2n) is 4.15. The largest absolute Gasteiger partial charge is 0.389 e. The first-order valence-corrected chi connectivity index (χ1v) is 5.92. The number of methoxy groups -OCH3 is 1. The zero-order valence-corrected chi connectivity index (χ0v) is 10.5. The minimum absolute atomic E-state index is 0.120. The molecule has 0 amide bonds. The van der Waals surface area contributed by atoms with Gasteiger partial charge in [0.2, 0.25) is 0 Å². The molecule has 0 radical (unpaired) electrons.